The van der Waals surface area contributed by atoms with Crippen LogP contribution < -0.4 is 5.32 Å². The van der Waals surface area contributed by atoms with Gasteiger partial charge >= 0.3 is 154 Å². The minimum absolute atomic E-state index is 0.634. The summed E-state index contributed by atoms with van der Waals surface area (Å²) in [7, 11) is 2.03. The summed E-state index contributed by atoms with van der Waals surface area (Å²) < 4.78 is 17.6. The fourth-order valence-corrected chi connectivity index (χ4v) is 5.48. The molecule has 1 fully saturated rings. The fraction of sp³-hybridized carbons (Fsp3) is 0.435. The van der Waals surface area contributed by atoms with Gasteiger partial charge in [0.2, 0.25) is 0 Å². The molecule has 5 heterocycles. The van der Waals surface area contributed by atoms with Crippen LogP contribution in [0.5, 0.6) is 0 Å². The predicted molar refractivity (Wildman–Crippen MR) is 141 cm³/mol. The minimum atomic E-state index is -0.634. The van der Waals surface area contributed by atoms with Gasteiger partial charge in [-0.3, -0.25) is 0 Å². The molecule has 1 saturated heterocycles. The van der Waals surface area contributed by atoms with Crippen LogP contribution in [0.2, 0.25) is 0 Å². The van der Waals surface area contributed by atoms with E-state index < -0.39 is 6.17 Å². The summed E-state index contributed by atoms with van der Waals surface area (Å²) in [5.41, 5.74) is 3.87. The van der Waals surface area contributed by atoms with Crippen molar-refractivity contribution < 1.29 is 4.39 Å². The van der Waals surface area contributed by atoms with Gasteiger partial charge in [0.15, 0.2) is 0 Å². The van der Waals surface area contributed by atoms with Gasteiger partial charge in [-0.2, -0.15) is 0 Å². The Kier molecular flexibility index (Phi) is 7.88. The summed E-state index contributed by atoms with van der Waals surface area (Å²) in [6, 6.07) is 4.23. The predicted octanol–water partition coefficient (Wildman–Crippen LogP) is 5.16. The van der Waals surface area contributed by atoms with E-state index in [1.54, 1.807) is 23.1 Å². The zero-order valence-electron chi connectivity index (χ0n) is 19.6. The van der Waals surface area contributed by atoms with Crippen LogP contribution in [0.4, 0.5) is 15.2 Å². The van der Waals surface area contributed by atoms with Crippen LogP contribution in [0.1, 0.15) is 43.0 Å². The van der Waals surface area contributed by atoms with Crippen LogP contribution in [0, 0.1) is 6.92 Å². The first-order valence-electron chi connectivity index (χ1n) is 11.4. The van der Waals surface area contributed by atoms with Crippen molar-refractivity contribution >= 4 is 57.3 Å². The van der Waals surface area contributed by atoms with E-state index in [2.05, 4.69) is 54.4 Å². The molecule has 33 heavy (non-hydrogen) atoms. The molecule has 2 aliphatic heterocycles. The van der Waals surface area contributed by atoms with Crippen LogP contribution in [-0.4, -0.2) is 62.0 Å². The van der Waals surface area contributed by atoms with E-state index in [0.29, 0.717) is 12.8 Å². The maximum absolute atomic E-state index is 13.4. The number of likely N-dealkylation sites (tertiary alicyclic amines) is 1. The molecule has 0 bridgehead atoms. The first-order chi connectivity index (χ1) is 16.0. The second-order valence-electron chi connectivity index (χ2n) is 7.95. The number of aryl methyl sites for hydroxylation is 1. The Bertz CT molecular complexity index is 1150. The van der Waals surface area contributed by atoms with Gasteiger partial charge in [0.05, 0.1) is 0 Å². The van der Waals surface area contributed by atoms with Gasteiger partial charge in [0.25, 0.3) is 0 Å². The Labute approximate surface area is 203 Å². The van der Waals surface area contributed by atoms with Crippen molar-refractivity contribution in [3.63, 3.8) is 0 Å². The molecule has 5 rings (SSSR count). The zero-order valence-corrected chi connectivity index (χ0v) is 21.2. The zero-order chi connectivity index (χ0) is 23.4. The molecule has 174 valence electrons. The maximum atomic E-state index is 13.4. The number of rotatable bonds is 5. The Morgan fingerprint density at radius 2 is 2.03 bits per heavy atom. The molecule has 0 amide bonds. The Hall–Kier alpha value is -2.17. The normalized spacial score (nSPS) is 16.9. The number of halogens is 1. The summed E-state index contributed by atoms with van der Waals surface area (Å²) in [5.74, 6) is 2.86. The van der Waals surface area contributed by atoms with E-state index in [9.17, 15) is 4.39 Å². The van der Waals surface area contributed by atoms with E-state index in [-0.39, 0.29) is 0 Å². The van der Waals surface area contributed by atoms with Gasteiger partial charge in [0.1, 0.15) is 6.17 Å². The van der Waals surface area contributed by atoms with Crippen molar-refractivity contribution in [2.75, 3.05) is 25.5 Å². The molecule has 1 N–H and O–H groups in total. The van der Waals surface area contributed by atoms with Crippen LogP contribution in [0.3, 0.4) is 0 Å². The van der Waals surface area contributed by atoms with Crippen molar-refractivity contribution in [1.29, 1.82) is 0 Å². The summed E-state index contributed by atoms with van der Waals surface area (Å²) in [5, 5.41) is 4.51. The standard InChI is InChI=1S/C21H24BFN6S2.C2H6/c1-14-11-29-18(15-9-22-31-27(2)12-15)10-24-21(29)20(25-14)26-19-4-3-17(30-19)13-28-7-5-16(23)6-8-28;1-2/h3-4,9-12,16H,5-8,13H2,1-2H3,(H,25,26);1-2H3. The summed E-state index contributed by atoms with van der Waals surface area (Å²) in [6.45, 7) is 8.53. The van der Waals surface area contributed by atoms with Crippen molar-refractivity contribution in [3.8, 4) is 0 Å². The quantitative estimate of drug-likeness (QED) is 0.399. The van der Waals surface area contributed by atoms with E-state index in [1.807, 2.05) is 40.2 Å². The Morgan fingerprint density at radius 1 is 1.24 bits per heavy atom. The van der Waals surface area contributed by atoms with Crippen molar-refractivity contribution in [1.82, 2.24) is 23.6 Å². The van der Waals surface area contributed by atoms with E-state index in [1.165, 1.54) is 4.88 Å². The fourth-order valence-electron chi connectivity index (χ4n) is 3.95. The third kappa shape index (κ3) is 5.67. The molecule has 0 aromatic carbocycles. The Balaban J connectivity index is 0.00000126. The van der Waals surface area contributed by atoms with E-state index in [4.69, 9.17) is 4.98 Å². The number of hydrogen-bond donors (Lipinski definition) is 1. The summed E-state index contributed by atoms with van der Waals surface area (Å²) in [6.07, 6.45) is 8.75. The third-order valence-corrected chi connectivity index (χ3v) is 7.19. The van der Waals surface area contributed by atoms with Crippen LogP contribution in [-0.2, 0) is 6.54 Å². The number of imidazole rings is 1. The number of aromatic nitrogens is 3. The topological polar surface area (TPSA) is 48.7 Å². The molecular weight excluding hydrogens is 454 g/mol. The van der Waals surface area contributed by atoms with Crippen molar-refractivity contribution in [2.45, 2.75) is 46.3 Å². The average Bonchev–Trinajstić information content (AvgIpc) is 3.43. The van der Waals surface area contributed by atoms with Crippen LogP contribution >= 0.6 is 23.1 Å². The molecule has 10 heteroatoms. The molecule has 6 nitrogen and oxygen atoms in total. The van der Waals surface area contributed by atoms with Gasteiger partial charge < -0.3 is 0 Å². The molecule has 0 radical (unpaired) electrons. The number of nitrogens with one attached hydrogen (secondary N) is 1. The number of nitrogens with zero attached hydrogens (tertiary/aromatic N) is 5. The number of thiophene rings is 1. The second kappa shape index (κ2) is 10.8. The molecular formula is C23H30BFN6S2. The van der Waals surface area contributed by atoms with Gasteiger partial charge in [0, 0.05) is 13.1 Å². The molecule has 0 unspecified atom stereocenters. The van der Waals surface area contributed by atoms with Gasteiger partial charge in [-0.05, 0) is 12.8 Å². The first-order valence-corrected chi connectivity index (χ1v) is 13.1. The summed E-state index contributed by atoms with van der Waals surface area (Å²) >= 11 is 3.36. The molecule has 0 saturated carbocycles. The molecule has 0 atom stereocenters. The number of piperidine rings is 1. The van der Waals surface area contributed by atoms with E-state index >= 15 is 0 Å². The molecule has 3 aromatic rings. The van der Waals surface area contributed by atoms with Gasteiger partial charge in [-0.1, -0.05) is 13.8 Å². The number of hydrogen-bond acceptors (Lipinski definition) is 7. The number of allylic oxidation sites excluding steroid dienone is 1. The molecule has 2 aliphatic rings. The number of anilines is 2. The second-order valence-corrected chi connectivity index (χ2v) is 10.2. The van der Waals surface area contributed by atoms with Crippen LogP contribution in [0.25, 0.3) is 11.2 Å². The number of fused-ring (bicyclic) bond motifs is 1. The molecule has 0 aliphatic carbocycles. The van der Waals surface area contributed by atoms with Crippen molar-refractivity contribution in [2.24, 2.45) is 0 Å². The van der Waals surface area contributed by atoms with Crippen LogP contribution in [0.15, 0.2) is 30.7 Å². The summed E-state index contributed by atoms with van der Waals surface area (Å²) in [4.78, 5) is 13.0. The Morgan fingerprint density at radius 3 is 2.79 bits per heavy atom. The third-order valence-electron chi connectivity index (χ3n) is 5.50. The van der Waals surface area contributed by atoms with E-state index in [0.717, 1.165) is 53.1 Å². The van der Waals surface area contributed by atoms with Gasteiger partial charge in [-0.25, -0.2) is 4.39 Å². The average molecular weight is 484 g/mol. The number of alkyl halides is 1. The SMILES string of the molecule is CC.Cc1cn2c(C3=CN(C)SB=C3)cnc2c(Nc2ccc(CN3CCC(F)CC3)s2)n1. The molecule has 3 aromatic heterocycles. The van der Waals surface area contributed by atoms with Crippen molar-refractivity contribution in [3.05, 3.63) is 47.0 Å². The molecule has 0 spiro atoms. The first kappa shape index (κ1) is 24.0. The van der Waals surface area contributed by atoms with Gasteiger partial charge in [-0.15, -0.1) is 0 Å². The monoisotopic (exact) mass is 484 g/mol.